The van der Waals surface area contributed by atoms with Crippen LogP contribution in [0.15, 0.2) is 6.33 Å². The average molecular weight is 656 g/mol. The Morgan fingerprint density at radius 2 is 1.98 bits per heavy atom. The predicted molar refractivity (Wildman–Crippen MR) is 154 cm³/mol. The van der Waals surface area contributed by atoms with E-state index >= 15 is 4.39 Å². The van der Waals surface area contributed by atoms with Crippen molar-refractivity contribution in [1.29, 1.82) is 0 Å². The Morgan fingerprint density at radius 1 is 1.31 bits per heavy atom. The number of carbonyl (C=O) groups excluding carboxylic acids is 2. The number of hydrogen-bond acceptors (Lipinski definition) is 14. The number of aliphatic hydroxyl groups excluding tert-OH is 1. The first-order chi connectivity index (χ1) is 19.4. The summed E-state index contributed by atoms with van der Waals surface area (Å²) in [4.78, 5) is 36.4. The number of alkyl halides is 2. The number of carbonyl (C=O) groups is 2. The number of nitrogens with zero attached hydrogens (tertiary/aromatic N) is 4. The SMILES string of the molecule is CC(C)OC(=O)[C@@H](C)NP(=O)(OCCSC(=O)C(C)(C)C)OC[C@H]1O[C@@H](n2cnc3c(N)nc(N)nc32)[C@@](F)(Cl)[C@@H]1O. The molecule has 1 aliphatic heterocycles. The molecule has 0 radical (unpaired) electrons. The van der Waals surface area contributed by atoms with Crippen LogP contribution in [0.5, 0.6) is 0 Å². The molecule has 1 aliphatic rings. The van der Waals surface area contributed by atoms with Crippen LogP contribution in [0.2, 0.25) is 0 Å². The van der Waals surface area contributed by atoms with Crippen LogP contribution >= 0.6 is 31.1 Å². The van der Waals surface area contributed by atoms with Gasteiger partial charge in [0.25, 0.3) is 5.13 Å². The van der Waals surface area contributed by atoms with Crippen LogP contribution in [0.1, 0.15) is 47.8 Å². The Morgan fingerprint density at radius 3 is 2.60 bits per heavy atom. The van der Waals surface area contributed by atoms with Gasteiger partial charge in [0, 0.05) is 11.2 Å². The third-order valence-electron chi connectivity index (χ3n) is 5.75. The molecule has 19 heteroatoms. The summed E-state index contributed by atoms with van der Waals surface area (Å²) < 4.78 is 52.2. The maximum atomic E-state index is 15.7. The second-order valence-electron chi connectivity index (χ2n) is 10.8. The van der Waals surface area contributed by atoms with Gasteiger partial charge >= 0.3 is 13.7 Å². The van der Waals surface area contributed by atoms with Gasteiger partial charge in [0.2, 0.25) is 5.95 Å². The third-order valence-corrected chi connectivity index (χ3v) is 9.12. The topological polar surface area (TPSA) is 216 Å². The van der Waals surface area contributed by atoms with Gasteiger partial charge in [-0.25, -0.2) is 19.0 Å². The summed E-state index contributed by atoms with van der Waals surface area (Å²) in [6, 6.07) is -1.15. The van der Waals surface area contributed by atoms with Crippen molar-refractivity contribution in [3.05, 3.63) is 6.33 Å². The number of ether oxygens (including phenoxy) is 2. The zero-order chi connectivity index (χ0) is 31.6. The second kappa shape index (κ2) is 13.3. The molecule has 1 unspecified atom stereocenters. The number of hydrogen-bond donors (Lipinski definition) is 4. The van der Waals surface area contributed by atoms with Crippen molar-refractivity contribution in [2.75, 3.05) is 30.4 Å². The number of thioether (sulfide) groups is 1. The Labute approximate surface area is 251 Å². The highest BCUT2D eigenvalue weighted by molar-refractivity contribution is 8.13. The smallest absolute Gasteiger partial charge is 0.406 e. The summed E-state index contributed by atoms with van der Waals surface area (Å²) in [6.45, 7) is 9.03. The largest absolute Gasteiger partial charge is 0.462 e. The van der Waals surface area contributed by atoms with E-state index in [1.165, 1.54) is 6.92 Å². The van der Waals surface area contributed by atoms with Crippen molar-refractivity contribution in [3.8, 4) is 0 Å². The first-order valence-corrected chi connectivity index (χ1v) is 15.8. The summed E-state index contributed by atoms with van der Waals surface area (Å²) in [5, 5.41) is 10.1. The third kappa shape index (κ3) is 8.08. The van der Waals surface area contributed by atoms with Gasteiger partial charge in [0.1, 0.15) is 23.8 Å². The number of fused-ring (bicyclic) bond motifs is 1. The van der Waals surface area contributed by atoms with Crippen LogP contribution in [0.25, 0.3) is 11.2 Å². The zero-order valence-electron chi connectivity index (χ0n) is 23.9. The quantitative estimate of drug-likeness (QED) is 0.112. The fourth-order valence-corrected chi connectivity index (χ4v) is 6.33. The number of aromatic nitrogens is 4. The van der Waals surface area contributed by atoms with E-state index in [0.29, 0.717) is 0 Å². The van der Waals surface area contributed by atoms with Crippen molar-refractivity contribution < 1.29 is 42.2 Å². The van der Waals surface area contributed by atoms with E-state index in [9.17, 15) is 19.3 Å². The molecule has 0 amide bonds. The minimum absolute atomic E-state index is 0.00286. The second-order valence-corrected chi connectivity index (χ2v) is 14.2. The standard InChI is InChI=1S/C23H36ClFN7O8PS/c1-11(2)39-18(34)12(3)31-41(36,37-7-8-42-20(35)22(4,5)6)38-9-13-15(33)23(24,25)19(40-13)32-10-28-14-16(26)29-21(27)30-17(14)32/h10-13,15,19,33H,7-9H2,1-6H3,(H,31,36)(H4,26,27,29,30)/t12-,13-,15-,19-,23-,41?/m1/s1. The van der Waals surface area contributed by atoms with Crippen LogP contribution in [-0.2, 0) is 32.7 Å². The first kappa shape index (κ1) is 34.4. The van der Waals surface area contributed by atoms with Crippen LogP contribution in [0, 0.1) is 5.41 Å². The maximum Gasteiger partial charge on any atom is 0.406 e. The molecule has 0 aromatic carbocycles. The van der Waals surface area contributed by atoms with Crippen LogP contribution in [0.3, 0.4) is 0 Å². The monoisotopic (exact) mass is 655 g/mol. The number of esters is 1. The molecule has 0 bridgehead atoms. The van der Waals surface area contributed by atoms with E-state index in [4.69, 9.17) is 41.6 Å². The van der Waals surface area contributed by atoms with Crippen LogP contribution in [0.4, 0.5) is 16.2 Å². The number of aliphatic hydroxyl groups is 1. The summed E-state index contributed by atoms with van der Waals surface area (Å²) in [5.74, 6) is -0.887. The highest BCUT2D eigenvalue weighted by atomic mass is 35.5. The molecule has 236 valence electrons. The van der Waals surface area contributed by atoms with Crippen LogP contribution < -0.4 is 16.6 Å². The Balaban J connectivity index is 1.76. The van der Waals surface area contributed by atoms with Crippen LogP contribution in [-0.4, -0.2) is 84.2 Å². The molecule has 3 heterocycles. The lowest BCUT2D eigenvalue weighted by Crippen LogP contribution is -2.39. The number of nitrogens with one attached hydrogen (secondary N) is 1. The molecule has 0 saturated carbocycles. The van der Waals surface area contributed by atoms with Gasteiger partial charge in [-0.3, -0.25) is 23.2 Å². The molecule has 15 nitrogen and oxygen atoms in total. The van der Waals surface area contributed by atoms with Gasteiger partial charge in [0.05, 0.1) is 25.6 Å². The average Bonchev–Trinajstić information content (AvgIpc) is 3.37. The molecule has 42 heavy (non-hydrogen) atoms. The molecule has 6 N–H and O–H groups in total. The molecule has 3 rings (SSSR count). The van der Waals surface area contributed by atoms with Gasteiger partial charge in [-0.1, -0.05) is 44.1 Å². The van der Waals surface area contributed by atoms with Crippen molar-refractivity contribution in [1.82, 2.24) is 24.6 Å². The molecule has 0 spiro atoms. The molecule has 6 atom stereocenters. The first-order valence-electron chi connectivity index (χ1n) is 12.9. The lowest BCUT2D eigenvalue weighted by Gasteiger charge is -2.25. The minimum atomic E-state index is -4.33. The normalized spacial score (nSPS) is 25.0. The predicted octanol–water partition coefficient (Wildman–Crippen LogP) is 2.53. The van der Waals surface area contributed by atoms with Crippen molar-refractivity contribution >= 4 is 65.1 Å². The van der Waals surface area contributed by atoms with E-state index in [-0.39, 0.29) is 40.4 Å². The summed E-state index contributed by atoms with van der Waals surface area (Å²) >= 11 is 7.05. The summed E-state index contributed by atoms with van der Waals surface area (Å²) in [5.41, 5.74) is 11.0. The van der Waals surface area contributed by atoms with E-state index in [1.807, 2.05) is 0 Å². The Hall–Kier alpha value is -2.11. The van der Waals surface area contributed by atoms with Crippen molar-refractivity contribution in [3.63, 3.8) is 0 Å². The Kier molecular flexibility index (Phi) is 10.9. The van der Waals surface area contributed by atoms with Gasteiger partial charge in [-0.05, 0) is 20.8 Å². The highest BCUT2D eigenvalue weighted by Gasteiger charge is 2.58. The van der Waals surface area contributed by atoms with Gasteiger partial charge < -0.3 is 26.0 Å². The van der Waals surface area contributed by atoms with E-state index in [2.05, 4.69) is 20.0 Å². The van der Waals surface area contributed by atoms with Crippen molar-refractivity contribution in [2.45, 2.75) is 77.3 Å². The Bertz CT molecular complexity index is 1340. The molecular weight excluding hydrogens is 620 g/mol. The number of nitrogen functional groups attached to an aromatic ring is 2. The minimum Gasteiger partial charge on any atom is -0.462 e. The molecule has 1 saturated heterocycles. The molecule has 0 aliphatic carbocycles. The van der Waals surface area contributed by atoms with Crippen molar-refractivity contribution in [2.24, 2.45) is 5.41 Å². The van der Waals surface area contributed by atoms with E-state index in [1.54, 1.807) is 34.6 Å². The lowest BCUT2D eigenvalue weighted by molar-refractivity contribution is -0.149. The molecular formula is C23H36ClFN7O8PS. The van der Waals surface area contributed by atoms with E-state index in [0.717, 1.165) is 22.7 Å². The molecule has 2 aromatic rings. The van der Waals surface area contributed by atoms with E-state index < -0.39 is 61.4 Å². The molecule has 1 fully saturated rings. The van der Waals surface area contributed by atoms with Gasteiger partial charge in [-0.15, -0.1) is 0 Å². The lowest BCUT2D eigenvalue weighted by atomic mass is 10.00. The highest BCUT2D eigenvalue weighted by Crippen LogP contribution is 2.49. The number of imidazole rings is 1. The number of rotatable bonds is 12. The summed E-state index contributed by atoms with van der Waals surface area (Å²) in [7, 11) is -4.33. The zero-order valence-corrected chi connectivity index (χ0v) is 26.4. The molecule has 2 aromatic heterocycles. The number of nitrogens with two attached hydrogens (primary N) is 2. The van der Waals surface area contributed by atoms with Gasteiger partial charge in [-0.2, -0.15) is 9.97 Å². The number of anilines is 2. The van der Waals surface area contributed by atoms with Gasteiger partial charge in [0.15, 0.2) is 22.8 Å². The fourth-order valence-electron chi connectivity index (χ4n) is 3.65. The maximum absolute atomic E-state index is 15.7. The number of halogens is 2. The fraction of sp³-hybridized carbons (Fsp3) is 0.696. The summed E-state index contributed by atoms with van der Waals surface area (Å²) in [6.07, 6.45) is -4.46.